The number of carbonyl (C=O) groups excluding carboxylic acids is 1. The molecule has 0 saturated heterocycles. The van der Waals surface area contributed by atoms with E-state index < -0.39 is 0 Å². The molecule has 0 atom stereocenters. The second-order valence-electron chi connectivity index (χ2n) is 7.78. The van der Waals surface area contributed by atoms with Crippen molar-refractivity contribution in [3.05, 3.63) is 101 Å². The average Bonchev–Trinajstić information content (AvgIpc) is 3.25. The van der Waals surface area contributed by atoms with Crippen LogP contribution < -0.4 is 10.1 Å². The topological polar surface area (TPSA) is 69.0 Å². The number of aryl methyl sites for hydroxylation is 1. The molecule has 4 aromatic rings. The minimum atomic E-state index is -0.268. The molecule has 8 heteroatoms. The Morgan fingerprint density at radius 2 is 1.82 bits per heavy atom. The van der Waals surface area contributed by atoms with Gasteiger partial charge in [0.25, 0.3) is 5.91 Å². The van der Waals surface area contributed by atoms with E-state index in [0.29, 0.717) is 28.0 Å². The number of methoxy groups -OCH3 is 1. The molecule has 4 rings (SSSR count). The quantitative estimate of drug-likeness (QED) is 0.352. The van der Waals surface area contributed by atoms with Crippen molar-refractivity contribution in [1.29, 1.82) is 0 Å². The summed E-state index contributed by atoms with van der Waals surface area (Å²) in [4.78, 5) is 12.7. The lowest BCUT2D eigenvalue weighted by molar-refractivity contribution is 0.0949. The Morgan fingerprint density at radius 1 is 1.06 bits per heavy atom. The van der Waals surface area contributed by atoms with Crippen LogP contribution in [0.4, 0.5) is 4.39 Å². The lowest BCUT2D eigenvalue weighted by Crippen LogP contribution is -2.24. The van der Waals surface area contributed by atoms with Crippen LogP contribution in [-0.4, -0.2) is 27.8 Å². The van der Waals surface area contributed by atoms with Gasteiger partial charge in [-0.05, 0) is 73.0 Å². The van der Waals surface area contributed by atoms with Crippen molar-refractivity contribution in [1.82, 2.24) is 20.1 Å². The van der Waals surface area contributed by atoms with Crippen LogP contribution >= 0.6 is 11.8 Å². The van der Waals surface area contributed by atoms with E-state index >= 15 is 0 Å². The van der Waals surface area contributed by atoms with Gasteiger partial charge in [0.15, 0.2) is 11.0 Å². The van der Waals surface area contributed by atoms with E-state index in [1.165, 1.54) is 23.9 Å². The van der Waals surface area contributed by atoms with Crippen LogP contribution in [-0.2, 0) is 12.3 Å². The molecule has 0 fully saturated rings. The van der Waals surface area contributed by atoms with Crippen LogP contribution in [0.1, 0.15) is 32.9 Å². The highest BCUT2D eigenvalue weighted by Gasteiger charge is 2.18. The molecule has 34 heavy (non-hydrogen) atoms. The van der Waals surface area contributed by atoms with Crippen LogP contribution in [0.5, 0.6) is 5.75 Å². The number of thioether (sulfide) groups is 1. The van der Waals surface area contributed by atoms with Crippen molar-refractivity contribution in [2.45, 2.75) is 31.3 Å². The van der Waals surface area contributed by atoms with E-state index in [-0.39, 0.29) is 18.3 Å². The lowest BCUT2D eigenvalue weighted by atomic mass is 10.1. The number of benzene rings is 3. The molecular formula is C26H25FN4O2S. The monoisotopic (exact) mass is 476 g/mol. The van der Waals surface area contributed by atoms with E-state index in [0.717, 1.165) is 22.4 Å². The molecule has 0 saturated carbocycles. The first kappa shape index (κ1) is 23.5. The van der Waals surface area contributed by atoms with Gasteiger partial charge >= 0.3 is 0 Å². The second kappa shape index (κ2) is 10.5. The first-order chi connectivity index (χ1) is 16.5. The van der Waals surface area contributed by atoms with Crippen molar-refractivity contribution in [2.24, 2.45) is 0 Å². The zero-order valence-corrected chi connectivity index (χ0v) is 20.0. The van der Waals surface area contributed by atoms with Crippen molar-refractivity contribution >= 4 is 17.7 Å². The molecule has 0 bridgehead atoms. The highest BCUT2D eigenvalue weighted by atomic mass is 32.2. The Morgan fingerprint density at radius 3 is 2.56 bits per heavy atom. The normalized spacial score (nSPS) is 10.8. The number of hydrogen-bond acceptors (Lipinski definition) is 5. The summed E-state index contributed by atoms with van der Waals surface area (Å²) in [7, 11) is 1.58. The predicted molar refractivity (Wildman–Crippen MR) is 131 cm³/mol. The molecule has 0 aliphatic carbocycles. The number of ether oxygens (including phenoxy) is 1. The first-order valence-electron chi connectivity index (χ1n) is 10.8. The zero-order chi connectivity index (χ0) is 24.1. The van der Waals surface area contributed by atoms with E-state index in [2.05, 4.69) is 15.5 Å². The highest BCUT2D eigenvalue weighted by molar-refractivity contribution is 7.98. The van der Waals surface area contributed by atoms with Crippen molar-refractivity contribution < 1.29 is 13.9 Å². The Hall–Kier alpha value is -3.65. The van der Waals surface area contributed by atoms with Gasteiger partial charge < -0.3 is 10.1 Å². The Kier molecular flexibility index (Phi) is 7.27. The number of amides is 1. The third kappa shape index (κ3) is 5.28. The largest absolute Gasteiger partial charge is 0.497 e. The zero-order valence-electron chi connectivity index (χ0n) is 19.2. The number of carbonyl (C=O) groups is 1. The number of halogens is 1. The molecule has 0 radical (unpaired) electrons. The smallest absolute Gasteiger partial charge is 0.251 e. The third-order valence-electron chi connectivity index (χ3n) is 5.53. The molecular weight excluding hydrogens is 451 g/mol. The van der Waals surface area contributed by atoms with Gasteiger partial charge in [-0.25, -0.2) is 4.39 Å². The maximum absolute atomic E-state index is 13.6. The van der Waals surface area contributed by atoms with Crippen LogP contribution in [0.15, 0.2) is 71.9 Å². The molecule has 6 nitrogen and oxygen atoms in total. The van der Waals surface area contributed by atoms with Gasteiger partial charge in [-0.15, -0.1) is 10.2 Å². The summed E-state index contributed by atoms with van der Waals surface area (Å²) in [6, 6.07) is 19.5. The van der Waals surface area contributed by atoms with Gasteiger partial charge in [0.1, 0.15) is 11.6 Å². The van der Waals surface area contributed by atoms with Gasteiger partial charge in [0, 0.05) is 11.3 Å². The first-order valence-corrected chi connectivity index (χ1v) is 11.7. The molecule has 3 aromatic carbocycles. The molecule has 0 aliphatic rings. The Balaban J connectivity index is 1.59. The van der Waals surface area contributed by atoms with Crippen LogP contribution in [0.25, 0.3) is 5.69 Å². The van der Waals surface area contributed by atoms with Crippen molar-refractivity contribution in [3.63, 3.8) is 0 Å². The molecule has 1 aromatic heterocycles. The fraction of sp³-hybridized carbons (Fsp3) is 0.192. The van der Waals surface area contributed by atoms with E-state index in [4.69, 9.17) is 4.74 Å². The molecule has 0 aliphatic heterocycles. The minimum absolute atomic E-state index is 0.200. The van der Waals surface area contributed by atoms with E-state index in [1.807, 2.05) is 42.7 Å². The van der Waals surface area contributed by atoms with E-state index in [9.17, 15) is 9.18 Å². The van der Waals surface area contributed by atoms with Crippen LogP contribution in [0.2, 0.25) is 0 Å². The highest BCUT2D eigenvalue weighted by Crippen LogP contribution is 2.28. The maximum Gasteiger partial charge on any atom is 0.251 e. The van der Waals surface area contributed by atoms with Crippen LogP contribution in [0, 0.1) is 19.7 Å². The van der Waals surface area contributed by atoms with Gasteiger partial charge in [-0.1, -0.05) is 36.0 Å². The SMILES string of the molecule is COc1ccc(C(=O)NCc2nnc(SCc3cccc(F)c3)n2-c2cccc(C)c2C)cc1. The van der Waals surface area contributed by atoms with Crippen molar-refractivity contribution in [3.8, 4) is 11.4 Å². The molecule has 1 N–H and O–H groups in total. The molecule has 0 unspecified atom stereocenters. The fourth-order valence-electron chi connectivity index (χ4n) is 3.51. The summed E-state index contributed by atoms with van der Waals surface area (Å²) in [5.74, 6) is 1.35. The Labute approximate surface area is 202 Å². The standard InChI is InChI=1S/C26H25FN4O2S/c1-17-6-4-9-23(18(17)2)31-24(15-28-25(32)20-10-12-22(33-3)13-11-20)29-30-26(31)34-16-19-7-5-8-21(27)14-19/h4-14H,15-16H2,1-3H3,(H,28,32). The minimum Gasteiger partial charge on any atom is -0.497 e. The average molecular weight is 477 g/mol. The van der Waals surface area contributed by atoms with Crippen LogP contribution in [0.3, 0.4) is 0 Å². The summed E-state index contributed by atoms with van der Waals surface area (Å²) in [5.41, 5.74) is 4.56. The van der Waals surface area contributed by atoms with Gasteiger partial charge in [-0.3, -0.25) is 9.36 Å². The molecule has 1 heterocycles. The molecule has 174 valence electrons. The predicted octanol–water partition coefficient (Wildman–Crippen LogP) is 5.25. The van der Waals surface area contributed by atoms with Gasteiger partial charge in [0.05, 0.1) is 19.3 Å². The molecule has 1 amide bonds. The summed E-state index contributed by atoms with van der Waals surface area (Å²) in [6.45, 7) is 4.30. The second-order valence-corrected chi connectivity index (χ2v) is 8.73. The fourth-order valence-corrected chi connectivity index (χ4v) is 4.41. The number of rotatable bonds is 8. The number of hydrogen-bond donors (Lipinski definition) is 1. The number of aromatic nitrogens is 3. The number of nitrogens with zero attached hydrogens (tertiary/aromatic N) is 3. The summed E-state index contributed by atoms with van der Waals surface area (Å²) < 4.78 is 20.7. The third-order valence-corrected chi connectivity index (χ3v) is 6.53. The molecule has 0 spiro atoms. The summed E-state index contributed by atoms with van der Waals surface area (Å²) >= 11 is 1.47. The summed E-state index contributed by atoms with van der Waals surface area (Å²) in [5, 5.41) is 12.4. The van der Waals surface area contributed by atoms with Gasteiger partial charge in [0.2, 0.25) is 0 Å². The number of nitrogens with one attached hydrogen (secondary N) is 1. The van der Waals surface area contributed by atoms with Crippen molar-refractivity contribution in [2.75, 3.05) is 7.11 Å². The van der Waals surface area contributed by atoms with Gasteiger partial charge in [-0.2, -0.15) is 0 Å². The lowest BCUT2D eigenvalue weighted by Gasteiger charge is -2.15. The summed E-state index contributed by atoms with van der Waals surface area (Å²) in [6.07, 6.45) is 0. The Bertz CT molecular complexity index is 1300. The maximum atomic E-state index is 13.6. The van der Waals surface area contributed by atoms with E-state index in [1.54, 1.807) is 37.4 Å².